The van der Waals surface area contributed by atoms with Gasteiger partial charge in [0.1, 0.15) is 19.8 Å². The van der Waals surface area contributed by atoms with E-state index in [2.05, 4.69) is 15.6 Å². The number of guanidine groups is 1. The maximum absolute atomic E-state index is 13.8. The third kappa shape index (κ3) is 11.9. The Balaban J connectivity index is 1.10. The Labute approximate surface area is 342 Å². The van der Waals surface area contributed by atoms with Crippen molar-refractivity contribution < 1.29 is 38.2 Å². The quantitative estimate of drug-likeness (QED) is 0.0293. The Morgan fingerprint density at radius 3 is 1.58 bits per heavy atom. The van der Waals surface area contributed by atoms with Crippen LogP contribution in [0.1, 0.15) is 35.1 Å². The molecule has 1 unspecified atom stereocenters. The molecule has 1 aliphatic rings. The Morgan fingerprint density at radius 1 is 0.610 bits per heavy atom. The molecule has 0 saturated carbocycles. The average molecular weight is 796 g/mol. The summed E-state index contributed by atoms with van der Waals surface area (Å²) in [7, 11) is 1.58. The molecule has 5 aromatic carbocycles. The van der Waals surface area contributed by atoms with Crippen molar-refractivity contribution >= 4 is 36.1 Å². The lowest BCUT2D eigenvalue weighted by Crippen LogP contribution is -2.68. The molecule has 2 N–H and O–H groups in total. The van der Waals surface area contributed by atoms with Crippen LogP contribution in [0.5, 0.6) is 0 Å². The minimum absolute atomic E-state index is 0.0189. The maximum Gasteiger partial charge on any atom is 0.414 e. The number of hydrogen-bond donors (Lipinski definition) is 2. The van der Waals surface area contributed by atoms with E-state index in [9.17, 15) is 24.0 Å². The number of carbonyl (C=O) groups excluding carboxylic acids is 5. The van der Waals surface area contributed by atoms with E-state index in [1.165, 1.54) is 4.90 Å². The largest absolute Gasteiger partial charge is 0.459 e. The van der Waals surface area contributed by atoms with E-state index >= 15 is 0 Å². The number of esters is 1. The fraction of sp³-hybridized carbons (Fsp3) is 0.217. The van der Waals surface area contributed by atoms with Crippen LogP contribution in [0.25, 0.3) is 11.1 Å². The molecule has 13 heteroatoms. The van der Waals surface area contributed by atoms with Gasteiger partial charge in [0.2, 0.25) is 11.9 Å². The first-order valence-electron chi connectivity index (χ1n) is 19.2. The molecular formula is C46H45N5O8. The summed E-state index contributed by atoms with van der Waals surface area (Å²) in [6.45, 7) is 0.154. The molecular weight excluding hydrogens is 751 g/mol. The molecule has 13 nitrogen and oxygen atoms in total. The summed E-state index contributed by atoms with van der Waals surface area (Å²) in [6.07, 6.45) is -1.32. The lowest BCUT2D eigenvalue weighted by molar-refractivity contribution is -0.171. The molecule has 1 saturated heterocycles. The highest BCUT2D eigenvalue weighted by molar-refractivity contribution is 6.07. The number of nitrogens with zero attached hydrogens (tertiary/aromatic N) is 3. The highest BCUT2D eigenvalue weighted by Crippen LogP contribution is 2.33. The highest BCUT2D eigenvalue weighted by atomic mass is 16.6. The number of nitrogens with one attached hydrogen (secondary N) is 2. The van der Waals surface area contributed by atoms with Gasteiger partial charge in [-0.05, 0) is 46.2 Å². The van der Waals surface area contributed by atoms with Crippen LogP contribution < -0.4 is 10.6 Å². The van der Waals surface area contributed by atoms with Crippen LogP contribution in [0.2, 0.25) is 0 Å². The number of aliphatic imine (C=N–C) groups is 1. The van der Waals surface area contributed by atoms with Gasteiger partial charge in [-0.15, -0.1) is 0 Å². The molecule has 59 heavy (non-hydrogen) atoms. The molecule has 6 rings (SSSR count). The third-order valence-electron chi connectivity index (χ3n) is 9.50. The first kappa shape index (κ1) is 41.4. The van der Waals surface area contributed by atoms with Gasteiger partial charge in [0, 0.05) is 20.1 Å². The van der Waals surface area contributed by atoms with Gasteiger partial charge in [0.25, 0.3) is 0 Å². The summed E-state index contributed by atoms with van der Waals surface area (Å²) in [4.78, 5) is 73.1. The van der Waals surface area contributed by atoms with Crippen LogP contribution in [0.15, 0.2) is 151 Å². The Bertz CT molecular complexity index is 2150. The number of carbonyl (C=O) groups is 5. The summed E-state index contributed by atoms with van der Waals surface area (Å²) < 4.78 is 16.2. The number of likely N-dealkylation sites (tertiary alicyclic amines) is 1. The second-order valence-corrected chi connectivity index (χ2v) is 13.8. The van der Waals surface area contributed by atoms with Crippen LogP contribution in [-0.2, 0) is 50.2 Å². The van der Waals surface area contributed by atoms with Crippen molar-refractivity contribution in [3.05, 3.63) is 168 Å². The lowest BCUT2D eigenvalue weighted by Gasteiger charge is -2.45. The van der Waals surface area contributed by atoms with Crippen molar-refractivity contribution in [1.82, 2.24) is 20.4 Å². The summed E-state index contributed by atoms with van der Waals surface area (Å²) >= 11 is 0. The number of β-lactam (4-membered cyclic amide) rings is 1. The zero-order valence-electron chi connectivity index (χ0n) is 32.6. The Kier molecular flexibility index (Phi) is 14.6. The van der Waals surface area contributed by atoms with E-state index in [1.807, 2.05) is 121 Å². The average Bonchev–Trinajstić information content (AvgIpc) is 3.27. The van der Waals surface area contributed by atoms with Gasteiger partial charge >= 0.3 is 24.2 Å². The van der Waals surface area contributed by atoms with Crippen molar-refractivity contribution in [2.45, 2.75) is 45.2 Å². The van der Waals surface area contributed by atoms with Gasteiger partial charge in [-0.1, -0.05) is 146 Å². The minimum atomic E-state index is -1.16. The van der Waals surface area contributed by atoms with Crippen LogP contribution in [0.3, 0.4) is 0 Å². The predicted molar refractivity (Wildman–Crippen MR) is 220 cm³/mol. The van der Waals surface area contributed by atoms with E-state index in [1.54, 1.807) is 31.3 Å². The molecule has 0 radical (unpaired) electrons. The number of benzene rings is 5. The van der Waals surface area contributed by atoms with Gasteiger partial charge in [-0.2, -0.15) is 0 Å². The maximum atomic E-state index is 13.8. The summed E-state index contributed by atoms with van der Waals surface area (Å²) in [6, 6.07) is 43.1. The SMILES string of the molecule is CN(Cc1ccc(-c2ccccc2)cc1)C(=O)N1C(=O)[C@@H](CCCN=C(NC(=O)OCc2ccccc2)NC(=O)OCc2ccccc2)C1C(=O)OCc1ccccc1. The van der Waals surface area contributed by atoms with Gasteiger partial charge in [0.05, 0.1) is 5.92 Å². The normalized spacial score (nSPS) is 14.3. The van der Waals surface area contributed by atoms with Gasteiger partial charge in [0.15, 0.2) is 6.04 Å². The number of rotatable bonds is 14. The molecule has 0 aliphatic carbocycles. The number of urea groups is 1. The summed E-state index contributed by atoms with van der Waals surface area (Å²) in [5, 5.41) is 4.89. The first-order chi connectivity index (χ1) is 28.7. The monoisotopic (exact) mass is 795 g/mol. The fourth-order valence-electron chi connectivity index (χ4n) is 6.41. The van der Waals surface area contributed by atoms with E-state index in [0.29, 0.717) is 0 Å². The minimum Gasteiger partial charge on any atom is -0.459 e. The predicted octanol–water partition coefficient (Wildman–Crippen LogP) is 7.46. The highest BCUT2D eigenvalue weighted by Gasteiger charge is 2.55. The molecule has 1 heterocycles. The molecule has 5 amide bonds. The van der Waals surface area contributed by atoms with Gasteiger partial charge in [-0.25, -0.2) is 24.1 Å². The molecule has 302 valence electrons. The molecule has 1 fully saturated rings. The zero-order chi connectivity index (χ0) is 41.4. The Hall–Kier alpha value is -7.28. The fourth-order valence-corrected chi connectivity index (χ4v) is 6.41. The zero-order valence-corrected chi connectivity index (χ0v) is 32.6. The van der Waals surface area contributed by atoms with Crippen molar-refractivity contribution in [2.75, 3.05) is 13.6 Å². The molecule has 0 bridgehead atoms. The Morgan fingerprint density at radius 2 is 1.07 bits per heavy atom. The van der Waals surface area contributed by atoms with E-state index in [4.69, 9.17) is 14.2 Å². The molecule has 2 atom stereocenters. The first-order valence-corrected chi connectivity index (χ1v) is 19.2. The van der Waals surface area contributed by atoms with E-state index in [-0.39, 0.29) is 51.7 Å². The lowest BCUT2D eigenvalue weighted by atomic mass is 9.83. The topological polar surface area (TPSA) is 156 Å². The summed E-state index contributed by atoms with van der Waals surface area (Å²) in [5.74, 6) is -2.32. The van der Waals surface area contributed by atoms with Crippen molar-refractivity contribution in [3.8, 4) is 11.1 Å². The second kappa shape index (κ2) is 20.8. The number of hydrogen-bond acceptors (Lipinski definition) is 9. The van der Waals surface area contributed by atoms with Crippen molar-refractivity contribution in [1.29, 1.82) is 0 Å². The third-order valence-corrected chi connectivity index (χ3v) is 9.50. The van der Waals surface area contributed by atoms with Crippen LogP contribution in [0, 0.1) is 5.92 Å². The molecule has 1 aliphatic heterocycles. The number of alkyl carbamates (subject to hydrolysis) is 2. The van der Waals surface area contributed by atoms with Crippen molar-refractivity contribution in [3.63, 3.8) is 0 Å². The molecule has 5 aromatic rings. The smallest absolute Gasteiger partial charge is 0.414 e. The van der Waals surface area contributed by atoms with Gasteiger partial charge in [-0.3, -0.25) is 20.4 Å². The van der Waals surface area contributed by atoms with Crippen LogP contribution in [0.4, 0.5) is 14.4 Å². The van der Waals surface area contributed by atoms with E-state index in [0.717, 1.165) is 38.3 Å². The number of imide groups is 1. The standard InChI is InChI=1S/C46H45N5O8/c1-50(29-33-24-26-38(27-25-33)37-21-12-5-13-22-37)46(56)51-40(42(53)57-30-34-15-6-2-7-16-34)39(41(51)52)23-14-28-47-43(48-44(54)58-31-35-17-8-3-9-18-35)49-45(55)59-32-36-19-10-4-11-20-36/h2-13,15-22,24-27,39-40H,14,23,28-32H2,1H3,(H2,47,48,49,54,55)/t39-,40?/m0/s1. The second-order valence-electron chi connectivity index (χ2n) is 13.8. The van der Waals surface area contributed by atoms with Crippen molar-refractivity contribution in [2.24, 2.45) is 10.9 Å². The number of ether oxygens (including phenoxy) is 3. The van der Waals surface area contributed by atoms with Crippen LogP contribution in [-0.4, -0.2) is 65.5 Å². The van der Waals surface area contributed by atoms with Crippen LogP contribution >= 0.6 is 0 Å². The molecule has 0 spiro atoms. The summed E-state index contributed by atoms with van der Waals surface area (Å²) in [5.41, 5.74) is 5.21. The molecule has 0 aromatic heterocycles. The van der Waals surface area contributed by atoms with E-state index < -0.39 is 42.1 Å². The number of amides is 5. The van der Waals surface area contributed by atoms with Gasteiger partial charge < -0.3 is 19.1 Å².